The number of carbonyl (C=O) groups excluding carboxylic acids is 1. The van der Waals surface area contributed by atoms with Crippen LogP contribution in [0.3, 0.4) is 0 Å². The van der Waals surface area contributed by atoms with Gasteiger partial charge in [0.05, 0.1) is 11.4 Å². The number of amides is 1. The van der Waals surface area contributed by atoms with E-state index in [2.05, 4.69) is 5.92 Å². The van der Waals surface area contributed by atoms with E-state index >= 15 is 0 Å². The van der Waals surface area contributed by atoms with Crippen molar-refractivity contribution in [3.05, 3.63) is 0 Å². The highest BCUT2D eigenvalue weighted by molar-refractivity contribution is 8.00. The minimum Gasteiger partial charge on any atom is -0.480 e. The van der Waals surface area contributed by atoms with E-state index in [1.807, 2.05) is 6.92 Å². The van der Waals surface area contributed by atoms with Crippen LogP contribution in [0.4, 0.5) is 0 Å². The summed E-state index contributed by atoms with van der Waals surface area (Å²) in [5, 5.41) is 9.04. The number of carboxylic acids is 1. The van der Waals surface area contributed by atoms with E-state index < -0.39 is 18.1 Å². The van der Waals surface area contributed by atoms with Crippen LogP contribution in [-0.2, 0) is 9.59 Å². The van der Waals surface area contributed by atoms with Crippen molar-refractivity contribution in [3.8, 4) is 12.3 Å². The van der Waals surface area contributed by atoms with Gasteiger partial charge in [0.15, 0.2) is 0 Å². The molecule has 0 saturated carbocycles. The monoisotopic (exact) mass is 270 g/mol. The number of hydrogen-bond donors (Lipinski definition) is 2. The molecule has 0 aromatic carbocycles. The van der Waals surface area contributed by atoms with Gasteiger partial charge < -0.3 is 15.7 Å². The highest BCUT2D eigenvalue weighted by atomic mass is 32.2. The molecule has 1 aliphatic rings. The normalized spacial score (nSPS) is 24.6. The molecule has 3 atom stereocenters. The minimum atomic E-state index is -0.984. The summed E-state index contributed by atoms with van der Waals surface area (Å²) in [5.41, 5.74) is 5.69. The molecule has 0 bridgehead atoms. The van der Waals surface area contributed by atoms with Crippen molar-refractivity contribution in [2.75, 3.05) is 5.75 Å². The van der Waals surface area contributed by atoms with Gasteiger partial charge in [0.2, 0.25) is 5.91 Å². The summed E-state index contributed by atoms with van der Waals surface area (Å²) in [4.78, 5) is 24.7. The number of carbonyl (C=O) groups is 2. The van der Waals surface area contributed by atoms with Crippen molar-refractivity contribution in [3.63, 3.8) is 0 Å². The van der Waals surface area contributed by atoms with E-state index in [4.69, 9.17) is 17.3 Å². The number of nitrogens with two attached hydrogens (primary N) is 1. The molecule has 5 nitrogen and oxygen atoms in total. The molecule has 6 heteroatoms. The average molecular weight is 270 g/mol. The molecule has 1 saturated heterocycles. The molecule has 100 valence electrons. The van der Waals surface area contributed by atoms with Crippen molar-refractivity contribution in [1.82, 2.24) is 4.90 Å². The predicted molar refractivity (Wildman–Crippen MR) is 70.8 cm³/mol. The van der Waals surface area contributed by atoms with Crippen LogP contribution in [0.2, 0.25) is 0 Å². The second-order valence-electron chi connectivity index (χ2n) is 4.19. The molecule has 0 spiro atoms. The van der Waals surface area contributed by atoms with Crippen LogP contribution in [0.1, 0.15) is 26.2 Å². The Balaban J connectivity index is 2.86. The maximum Gasteiger partial charge on any atom is 0.327 e. The number of hydrogen-bond acceptors (Lipinski definition) is 4. The maximum atomic E-state index is 12.2. The van der Waals surface area contributed by atoms with E-state index in [9.17, 15) is 9.59 Å². The Kier molecular flexibility index (Phi) is 5.51. The third-order valence-electron chi connectivity index (χ3n) is 2.82. The van der Waals surface area contributed by atoms with Gasteiger partial charge in [-0.25, -0.2) is 4.79 Å². The summed E-state index contributed by atoms with van der Waals surface area (Å²) in [5.74, 6) is 1.41. The summed E-state index contributed by atoms with van der Waals surface area (Å²) in [7, 11) is 0. The summed E-state index contributed by atoms with van der Waals surface area (Å²) in [6.45, 7) is 2.00. The number of rotatable bonds is 5. The molecule has 1 rings (SSSR count). The summed E-state index contributed by atoms with van der Waals surface area (Å²) >= 11 is 1.49. The van der Waals surface area contributed by atoms with Crippen LogP contribution in [0.25, 0.3) is 0 Å². The van der Waals surface area contributed by atoms with Crippen LogP contribution in [0, 0.1) is 12.3 Å². The summed E-state index contributed by atoms with van der Waals surface area (Å²) < 4.78 is 0. The fourth-order valence-corrected chi connectivity index (χ4v) is 3.45. The molecule has 1 heterocycles. The van der Waals surface area contributed by atoms with E-state index in [-0.39, 0.29) is 17.7 Å². The lowest BCUT2D eigenvalue weighted by atomic mass is 10.1. The third-order valence-corrected chi connectivity index (χ3v) is 4.18. The van der Waals surface area contributed by atoms with Gasteiger partial charge in [0, 0.05) is 12.2 Å². The number of terminal acetylenes is 1. The fraction of sp³-hybridized carbons (Fsp3) is 0.667. The molecule has 3 N–H and O–H groups in total. The molecule has 1 amide bonds. The van der Waals surface area contributed by atoms with Gasteiger partial charge in [-0.2, -0.15) is 0 Å². The fourth-order valence-electron chi connectivity index (χ4n) is 1.92. The Morgan fingerprint density at radius 2 is 2.33 bits per heavy atom. The number of carboxylic acid groups (broad SMARTS) is 1. The first-order chi connectivity index (χ1) is 8.52. The Hall–Kier alpha value is -1.19. The van der Waals surface area contributed by atoms with Crippen molar-refractivity contribution < 1.29 is 14.7 Å². The van der Waals surface area contributed by atoms with Crippen LogP contribution >= 0.6 is 11.8 Å². The van der Waals surface area contributed by atoms with Gasteiger partial charge in [0.25, 0.3) is 0 Å². The van der Waals surface area contributed by atoms with Crippen LogP contribution < -0.4 is 5.73 Å². The lowest BCUT2D eigenvalue weighted by Gasteiger charge is -2.29. The predicted octanol–water partition coefficient (Wildman–Crippen LogP) is 0.492. The molecule has 0 aromatic heterocycles. The van der Waals surface area contributed by atoms with Gasteiger partial charge in [-0.05, 0) is 6.42 Å². The largest absolute Gasteiger partial charge is 0.480 e. The summed E-state index contributed by atoms with van der Waals surface area (Å²) in [6.07, 6.45) is 6.92. The molecule has 0 radical (unpaired) electrons. The SMILES string of the molecule is C#CCC(N)C(=O)N1C(CCC)SCC1C(=O)O. The average Bonchev–Trinajstić information content (AvgIpc) is 2.72. The highest BCUT2D eigenvalue weighted by Crippen LogP contribution is 2.32. The first-order valence-electron chi connectivity index (χ1n) is 5.88. The van der Waals surface area contributed by atoms with E-state index in [0.717, 1.165) is 12.8 Å². The Morgan fingerprint density at radius 1 is 1.67 bits per heavy atom. The zero-order chi connectivity index (χ0) is 13.7. The molecular weight excluding hydrogens is 252 g/mol. The molecule has 0 aromatic rings. The van der Waals surface area contributed by atoms with Crippen LogP contribution in [0.15, 0.2) is 0 Å². The zero-order valence-corrected chi connectivity index (χ0v) is 11.2. The molecule has 1 fully saturated rings. The number of thioether (sulfide) groups is 1. The van der Waals surface area contributed by atoms with Crippen molar-refractivity contribution in [1.29, 1.82) is 0 Å². The van der Waals surface area contributed by atoms with Crippen LogP contribution in [0.5, 0.6) is 0 Å². The lowest BCUT2D eigenvalue weighted by Crippen LogP contribution is -2.52. The van der Waals surface area contributed by atoms with Crippen molar-refractivity contribution in [2.45, 2.75) is 43.6 Å². The number of aliphatic carboxylic acids is 1. The van der Waals surface area contributed by atoms with Crippen molar-refractivity contribution in [2.24, 2.45) is 5.73 Å². The first-order valence-corrected chi connectivity index (χ1v) is 6.93. The number of nitrogens with zero attached hydrogens (tertiary/aromatic N) is 1. The molecule has 1 aliphatic heterocycles. The quantitative estimate of drug-likeness (QED) is 0.710. The van der Waals surface area contributed by atoms with Gasteiger partial charge in [-0.15, -0.1) is 24.1 Å². The van der Waals surface area contributed by atoms with Gasteiger partial charge in [0.1, 0.15) is 6.04 Å². The third kappa shape index (κ3) is 3.18. The molecule has 18 heavy (non-hydrogen) atoms. The Bertz CT molecular complexity index is 367. The van der Waals surface area contributed by atoms with E-state index in [1.54, 1.807) is 0 Å². The van der Waals surface area contributed by atoms with Crippen molar-refractivity contribution >= 4 is 23.6 Å². The van der Waals surface area contributed by atoms with Gasteiger partial charge >= 0.3 is 5.97 Å². The summed E-state index contributed by atoms with van der Waals surface area (Å²) in [6, 6.07) is -1.60. The molecular formula is C12H18N2O3S. The van der Waals surface area contributed by atoms with Gasteiger partial charge in [-0.3, -0.25) is 4.79 Å². The topological polar surface area (TPSA) is 83.6 Å². The standard InChI is InChI=1S/C12H18N2O3S/c1-3-5-8(13)11(15)14-9(12(16)17)7-18-10(14)6-4-2/h1,8-10H,4-7,13H2,2H3,(H,16,17). The Morgan fingerprint density at radius 3 is 2.83 bits per heavy atom. The second-order valence-corrected chi connectivity index (χ2v) is 5.40. The molecule has 0 aliphatic carbocycles. The van der Waals surface area contributed by atoms with E-state index in [0.29, 0.717) is 5.75 Å². The minimum absolute atomic E-state index is 0.104. The second kappa shape index (κ2) is 6.66. The first kappa shape index (κ1) is 14.9. The van der Waals surface area contributed by atoms with Crippen LogP contribution in [-0.4, -0.2) is 45.1 Å². The molecule has 3 unspecified atom stereocenters. The smallest absolute Gasteiger partial charge is 0.327 e. The van der Waals surface area contributed by atoms with E-state index in [1.165, 1.54) is 16.7 Å². The zero-order valence-electron chi connectivity index (χ0n) is 10.3. The maximum absolute atomic E-state index is 12.2. The Labute approximate surface area is 111 Å². The lowest BCUT2D eigenvalue weighted by molar-refractivity contribution is -0.149. The highest BCUT2D eigenvalue weighted by Gasteiger charge is 2.42. The van der Waals surface area contributed by atoms with Gasteiger partial charge in [-0.1, -0.05) is 13.3 Å².